The zero-order chi connectivity index (χ0) is 31.0. The second-order valence-corrected chi connectivity index (χ2v) is 18.6. The molecule has 0 saturated heterocycles. The van der Waals surface area contributed by atoms with Crippen molar-refractivity contribution in [3.63, 3.8) is 0 Å². The van der Waals surface area contributed by atoms with Crippen LogP contribution in [0.1, 0.15) is 138 Å². The van der Waals surface area contributed by atoms with E-state index < -0.39 is 0 Å². The van der Waals surface area contributed by atoms with Crippen LogP contribution in [0.5, 0.6) is 0 Å². The predicted molar refractivity (Wildman–Crippen MR) is 181 cm³/mol. The van der Waals surface area contributed by atoms with Crippen LogP contribution in [0.4, 0.5) is 0 Å². The molecule has 44 heavy (non-hydrogen) atoms. The summed E-state index contributed by atoms with van der Waals surface area (Å²) in [4.78, 5) is 0. The van der Waals surface area contributed by atoms with E-state index in [1.807, 2.05) is 0 Å². The van der Waals surface area contributed by atoms with E-state index >= 15 is 0 Å². The Labute approximate surface area is 266 Å². The molecule has 4 atom stereocenters. The van der Waals surface area contributed by atoms with Crippen LogP contribution in [0.3, 0.4) is 0 Å². The molecule has 0 heteroatoms. The summed E-state index contributed by atoms with van der Waals surface area (Å²) in [6.45, 7) is 10.5. The van der Waals surface area contributed by atoms with Gasteiger partial charge in [0.2, 0.25) is 0 Å². The number of terminal acetylenes is 4. The van der Waals surface area contributed by atoms with Gasteiger partial charge in [0.05, 0.1) is 0 Å². The van der Waals surface area contributed by atoms with Gasteiger partial charge in [-0.3, -0.25) is 0 Å². The van der Waals surface area contributed by atoms with Crippen LogP contribution < -0.4 is 0 Å². The Hall–Kier alpha value is -3.32. The van der Waals surface area contributed by atoms with Crippen molar-refractivity contribution in [2.45, 2.75) is 116 Å². The highest BCUT2D eigenvalue weighted by molar-refractivity contribution is 5.54. The van der Waals surface area contributed by atoms with Crippen LogP contribution >= 0.6 is 0 Å². The van der Waals surface area contributed by atoms with Crippen LogP contribution in [0.2, 0.25) is 0 Å². The highest BCUT2D eigenvalue weighted by Crippen LogP contribution is 2.85. The standard InChI is InChI=1S/C44H46/c1-9-31-13-15-35(33(11-3)17-31)41-21-37(5)19-38(6,22-41)26-43(25-37,29-41)44-27-39(7)20-40(8,28-44)24-42(23-39,30-44)36-16-14-32(10-2)18-34(36)12-4/h1-4,13-18H,19-30H2,5-8H3. The van der Waals surface area contributed by atoms with Gasteiger partial charge in [0.15, 0.2) is 0 Å². The first kappa shape index (κ1) is 28.2. The first-order chi connectivity index (χ1) is 20.7. The highest BCUT2D eigenvalue weighted by Gasteiger charge is 2.76. The van der Waals surface area contributed by atoms with E-state index in [9.17, 15) is 0 Å². The molecular weight excluding hydrogens is 528 g/mol. The van der Waals surface area contributed by atoms with Crippen LogP contribution in [0.15, 0.2) is 36.4 Å². The summed E-state index contributed by atoms with van der Waals surface area (Å²) < 4.78 is 0. The Kier molecular flexibility index (Phi) is 5.30. The monoisotopic (exact) mass is 574 g/mol. The quantitative estimate of drug-likeness (QED) is 0.320. The highest BCUT2D eigenvalue weighted by atomic mass is 14.8. The van der Waals surface area contributed by atoms with E-state index in [0.29, 0.717) is 21.7 Å². The number of hydrogen-bond donors (Lipinski definition) is 0. The molecule has 222 valence electrons. The van der Waals surface area contributed by atoms with Crippen molar-refractivity contribution >= 4 is 0 Å². The molecule has 8 bridgehead atoms. The summed E-state index contributed by atoms with van der Waals surface area (Å²) in [6, 6.07) is 13.2. The molecule has 0 N–H and O–H groups in total. The summed E-state index contributed by atoms with van der Waals surface area (Å²) in [7, 11) is 0. The normalized spacial score (nSPS) is 45.7. The lowest BCUT2D eigenvalue weighted by Gasteiger charge is -2.80. The van der Waals surface area contributed by atoms with Crippen molar-refractivity contribution < 1.29 is 0 Å². The molecule has 8 aliphatic rings. The zero-order valence-electron chi connectivity index (χ0n) is 27.3. The van der Waals surface area contributed by atoms with Gasteiger partial charge in [0.25, 0.3) is 0 Å². The molecule has 8 aliphatic carbocycles. The lowest BCUT2D eigenvalue weighted by atomic mass is 9.24. The molecule has 0 aliphatic heterocycles. The lowest BCUT2D eigenvalue weighted by molar-refractivity contribution is -0.275. The van der Waals surface area contributed by atoms with Crippen molar-refractivity contribution in [1.29, 1.82) is 0 Å². The minimum absolute atomic E-state index is 0.101. The minimum Gasteiger partial charge on any atom is -0.115 e. The summed E-state index contributed by atoms with van der Waals surface area (Å²) in [5, 5.41) is 0. The van der Waals surface area contributed by atoms with Gasteiger partial charge < -0.3 is 0 Å². The van der Waals surface area contributed by atoms with Gasteiger partial charge in [0, 0.05) is 22.3 Å². The molecule has 0 radical (unpaired) electrons. The van der Waals surface area contributed by atoms with Crippen LogP contribution in [-0.2, 0) is 10.8 Å². The topological polar surface area (TPSA) is 0 Å². The largest absolute Gasteiger partial charge is 0.115 e. The average Bonchev–Trinajstić information content (AvgIpc) is 2.92. The molecule has 2 aromatic rings. The van der Waals surface area contributed by atoms with E-state index in [1.165, 1.54) is 88.2 Å². The van der Waals surface area contributed by atoms with Crippen LogP contribution in [0, 0.1) is 81.9 Å². The number of rotatable bonds is 3. The Balaban J connectivity index is 1.33. The van der Waals surface area contributed by atoms with Crippen molar-refractivity contribution in [3.8, 4) is 49.4 Å². The van der Waals surface area contributed by atoms with Gasteiger partial charge in [-0.15, -0.1) is 25.7 Å². The molecule has 2 aromatic carbocycles. The van der Waals surface area contributed by atoms with Crippen molar-refractivity contribution in [1.82, 2.24) is 0 Å². The van der Waals surface area contributed by atoms with Gasteiger partial charge in [-0.2, -0.15) is 0 Å². The smallest absolute Gasteiger partial charge is 0.0292 e. The van der Waals surface area contributed by atoms with Crippen molar-refractivity contribution in [3.05, 3.63) is 69.8 Å². The average molecular weight is 575 g/mol. The van der Waals surface area contributed by atoms with Gasteiger partial charge in [-0.1, -0.05) is 63.5 Å². The minimum atomic E-state index is 0.101. The maximum Gasteiger partial charge on any atom is 0.0292 e. The van der Waals surface area contributed by atoms with Crippen LogP contribution in [0.25, 0.3) is 0 Å². The fourth-order valence-corrected chi connectivity index (χ4v) is 15.5. The van der Waals surface area contributed by atoms with Gasteiger partial charge in [-0.05, 0) is 156 Å². The maximum atomic E-state index is 6.26. The van der Waals surface area contributed by atoms with E-state index in [-0.39, 0.29) is 21.7 Å². The van der Waals surface area contributed by atoms with Crippen molar-refractivity contribution in [2.24, 2.45) is 32.5 Å². The Bertz CT molecular complexity index is 1630. The van der Waals surface area contributed by atoms with E-state index in [1.54, 1.807) is 0 Å². The summed E-state index contributed by atoms with van der Waals surface area (Å²) >= 11 is 0. The SMILES string of the molecule is C#Cc1ccc(C23CC4(C)CC(C)(C2)CC(C25CC6(C)CC(C)(CC(c7ccc(C#C)cc7C#C)(C6)C2)C5)(C4)C3)c(C#C)c1. The summed E-state index contributed by atoms with van der Waals surface area (Å²) in [5.41, 5.74) is 8.67. The first-order valence-corrected chi connectivity index (χ1v) is 16.9. The van der Waals surface area contributed by atoms with E-state index in [2.05, 4.69) is 87.8 Å². The third kappa shape index (κ3) is 3.59. The second-order valence-electron chi connectivity index (χ2n) is 18.6. The number of benzene rings is 2. The predicted octanol–water partition coefficient (Wildman–Crippen LogP) is 9.55. The first-order valence-electron chi connectivity index (χ1n) is 16.9. The molecule has 0 nitrogen and oxygen atoms in total. The fourth-order valence-electron chi connectivity index (χ4n) is 15.5. The Morgan fingerprint density at radius 1 is 0.432 bits per heavy atom. The third-order valence-electron chi connectivity index (χ3n) is 14.1. The van der Waals surface area contributed by atoms with Gasteiger partial charge >= 0.3 is 0 Å². The van der Waals surface area contributed by atoms with E-state index in [4.69, 9.17) is 25.7 Å². The lowest BCUT2D eigenvalue weighted by Crippen LogP contribution is -2.71. The summed E-state index contributed by atoms with van der Waals surface area (Å²) in [6.07, 6.45) is 39.8. The molecule has 8 fully saturated rings. The van der Waals surface area contributed by atoms with Crippen LogP contribution in [-0.4, -0.2) is 0 Å². The van der Waals surface area contributed by atoms with E-state index in [0.717, 1.165) is 22.3 Å². The second kappa shape index (κ2) is 8.28. The third-order valence-corrected chi connectivity index (χ3v) is 14.1. The molecule has 0 heterocycles. The fraction of sp³-hybridized carbons (Fsp3) is 0.545. The van der Waals surface area contributed by atoms with Crippen molar-refractivity contribution in [2.75, 3.05) is 0 Å². The number of hydrogen-bond acceptors (Lipinski definition) is 0. The molecule has 0 spiro atoms. The Morgan fingerprint density at radius 3 is 1.07 bits per heavy atom. The molecule has 0 aromatic heterocycles. The molecular formula is C44H46. The maximum absolute atomic E-state index is 6.26. The zero-order valence-corrected chi connectivity index (χ0v) is 27.3. The molecule has 8 saturated carbocycles. The molecule has 0 amide bonds. The summed E-state index contributed by atoms with van der Waals surface area (Å²) in [5.74, 6) is 11.9. The van der Waals surface area contributed by atoms with Gasteiger partial charge in [0.1, 0.15) is 0 Å². The van der Waals surface area contributed by atoms with Gasteiger partial charge in [-0.25, -0.2) is 0 Å². The molecule has 4 unspecified atom stereocenters. The Morgan fingerprint density at radius 2 is 0.773 bits per heavy atom. The molecule has 10 rings (SSSR count).